The van der Waals surface area contributed by atoms with Crippen LogP contribution >= 0.6 is 0 Å². The van der Waals surface area contributed by atoms with E-state index in [9.17, 15) is 14.7 Å². The van der Waals surface area contributed by atoms with E-state index in [4.69, 9.17) is 4.74 Å². The molecular formula is C31H40N4O4. The Morgan fingerprint density at radius 3 is 2.51 bits per heavy atom. The molecule has 8 heteroatoms. The van der Waals surface area contributed by atoms with Crippen LogP contribution in [0.25, 0.3) is 22.2 Å². The Hall–Kier alpha value is -3.52. The number of carbonyl (C=O) groups is 2. The van der Waals surface area contributed by atoms with E-state index in [0.29, 0.717) is 18.0 Å². The van der Waals surface area contributed by atoms with Crippen molar-refractivity contribution in [2.24, 2.45) is 0 Å². The molecule has 1 aliphatic carbocycles. The molecule has 0 atom stereocenters. The summed E-state index contributed by atoms with van der Waals surface area (Å²) in [5.41, 5.74) is 6.51. The lowest BCUT2D eigenvalue weighted by molar-refractivity contribution is 0.0697. The summed E-state index contributed by atoms with van der Waals surface area (Å²) in [6.07, 6.45) is 5.83. The molecule has 1 saturated carbocycles. The molecule has 3 aromatic rings. The van der Waals surface area contributed by atoms with E-state index in [1.54, 1.807) is 18.0 Å². The number of amides is 1. The fourth-order valence-electron chi connectivity index (χ4n) is 6.33. The Labute approximate surface area is 230 Å². The van der Waals surface area contributed by atoms with Gasteiger partial charge in [-0.2, -0.15) is 0 Å². The lowest BCUT2D eigenvalue weighted by Gasteiger charge is -2.28. The molecule has 0 bridgehead atoms. The summed E-state index contributed by atoms with van der Waals surface area (Å²) in [6.45, 7) is 4.72. The van der Waals surface area contributed by atoms with Crippen molar-refractivity contribution in [3.05, 3.63) is 53.6 Å². The van der Waals surface area contributed by atoms with Crippen molar-refractivity contribution in [2.45, 2.75) is 44.6 Å². The maximum Gasteiger partial charge on any atom is 0.409 e. The van der Waals surface area contributed by atoms with Gasteiger partial charge >= 0.3 is 12.1 Å². The first-order valence-corrected chi connectivity index (χ1v) is 14.1. The van der Waals surface area contributed by atoms with Gasteiger partial charge in [0.25, 0.3) is 0 Å². The van der Waals surface area contributed by atoms with Crippen LogP contribution < -0.4 is 4.90 Å². The first-order valence-electron chi connectivity index (χ1n) is 14.1. The lowest BCUT2D eigenvalue weighted by atomic mass is 9.81. The SMILES string of the molecule is COC(=O)N(C)CCN(C)CCN1CCn2c(c(C3CCCCC3)c3ccc(C(=O)O)cc32)-c2ccccc21. The van der Waals surface area contributed by atoms with Gasteiger partial charge in [-0.05, 0) is 49.6 Å². The number of rotatable bonds is 8. The van der Waals surface area contributed by atoms with Crippen LogP contribution in [0.5, 0.6) is 0 Å². The summed E-state index contributed by atoms with van der Waals surface area (Å²) in [5, 5.41) is 11.0. The second-order valence-corrected chi connectivity index (χ2v) is 11.0. The van der Waals surface area contributed by atoms with Crippen LogP contribution in [-0.4, -0.2) is 85.5 Å². The minimum absolute atomic E-state index is 0.321. The molecule has 1 amide bonds. The van der Waals surface area contributed by atoms with Crippen LogP contribution in [0.3, 0.4) is 0 Å². The number of aromatic nitrogens is 1. The summed E-state index contributed by atoms with van der Waals surface area (Å²) < 4.78 is 7.19. The topological polar surface area (TPSA) is 78.2 Å². The Morgan fingerprint density at radius 2 is 1.77 bits per heavy atom. The van der Waals surface area contributed by atoms with Gasteiger partial charge in [-0.1, -0.05) is 43.5 Å². The summed E-state index contributed by atoms with van der Waals surface area (Å²) in [7, 11) is 5.24. The van der Waals surface area contributed by atoms with Crippen LogP contribution in [-0.2, 0) is 11.3 Å². The largest absolute Gasteiger partial charge is 0.478 e. The molecule has 1 N–H and O–H groups in total. The molecule has 0 unspecified atom stereocenters. The summed E-state index contributed by atoms with van der Waals surface area (Å²) >= 11 is 0. The molecule has 0 radical (unpaired) electrons. The molecule has 5 rings (SSSR count). The number of hydrogen-bond donors (Lipinski definition) is 1. The Morgan fingerprint density at radius 1 is 1.00 bits per heavy atom. The highest BCUT2D eigenvalue weighted by atomic mass is 16.5. The number of benzene rings is 2. The summed E-state index contributed by atoms with van der Waals surface area (Å²) in [6, 6.07) is 14.4. The van der Waals surface area contributed by atoms with Gasteiger partial charge in [-0.25, -0.2) is 9.59 Å². The van der Waals surface area contributed by atoms with Crippen molar-refractivity contribution in [3.63, 3.8) is 0 Å². The van der Waals surface area contributed by atoms with Crippen LogP contribution in [0.4, 0.5) is 10.5 Å². The van der Waals surface area contributed by atoms with Crippen LogP contribution in [0.1, 0.15) is 53.9 Å². The molecule has 39 heavy (non-hydrogen) atoms. The van der Waals surface area contributed by atoms with Gasteiger partial charge in [-0.3, -0.25) is 0 Å². The Kier molecular flexibility index (Phi) is 8.12. The number of fused-ring (bicyclic) bond motifs is 5. The number of aromatic carboxylic acids is 1. The molecule has 1 aliphatic heterocycles. The average Bonchev–Trinajstić information content (AvgIpc) is 3.19. The zero-order valence-electron chi connectivity index (χ0n) is 23.4. The maximum absolute atomic E-state index is 11.9. The van der Waals surface area contributed by atoms with E-state index in [1.165, 1.54) is 67.1 Å². The lowest BCUT2D eigenvalue weighted by Crippen LogP contribution is -2.39. The molecule has 2 aliphatic rings. The molecular weight excluding hydrogens is 492 g/mol. The minimum Gasteiger partial charge on any atom is -0.478 e. The zero-order valence-corrected chi connectivity index (χ0v) is 23.4. The molecule has 208 valence electrons. The molecule has 1 fully saturated rings. The minimum atomic E-state index is -0.886. The number of ether oxygens (including phenoxy) is 1. The number of para-hydroxylation sites is 1. The van der Waals surface area contributed by atoms with Crippen molar-refractivity contribution in [2.75, 3.05) is 58.8 Å². The number of carboxylic acid groups (broad SMARTS) is 1. The third-order valence-electron chi connectivity index (χ3n) is 8.51. The van der Waals surface area contributed by atoms with E-state index < -0.39 is 5.97 Å². The second kappa shape index (κ2) is 11.7. The van der Waals surface area contributed by atoms with Gasteiger partial charge in [-0.15, -0.1) is 0 Å². The monoisotopic (exact) mass is 532 g/mol. The maximum atomic E-state index is 11.9. The number of methoxy groups -OCH3 is 1. The first-order chi connectivity index (χ1) is 18.9. The van der Waals surface area contributed by atoms with Gasteiger partial charge in [0, 0.05) is 68.5 Å². The number of hydrogen-bond acceptors (Lipinski definition) is 5. The van der Waals surface area contributed by atoms with Gasteiger partial charge in [0.15, 0.2) is 0 Å². The highest BCUT2D eigenvalue weighted by Crippen LogP contribution is 2.47. The van der Waals surface area contributed by atoms with Crippen molar-refractivity contribution in [1.29, 1.82) is 0 Å². The predicted octanol–water partition coefficient (Wildman–Crippen LogP) is 5.50. The Bertz CT molecular complexity index is 1340. The smallest absolute Gasteiger partial charge is 0.409 e. The van der Waals surface area contributed by atoms with Crippen molar-refractivity contribution in [1.82, 2.24) is 14.4 Å². The fourth-order valence-corrected chi connectivity index (χ4v) is 6.33. The zero-order chi connectivity index (χ0) is 27.5. The first kappa shape index (κ1) is 27.1. The quantitative estimate of drug-likeness (QED) is 0.413. The van der Waals surface area contributed by atoms with Gasteiger partial charge in [0.2, 0.25) is 0 Å². The third kappa shape index (κ3) is 5.48. The van der Waals surface area contributed by atoms with Gasteiger partial charge in [0.1, 0.15) is 0 Å². The number of carbonyl (C=O) groups excluding carboxylic acids is 1. The highest BCUT2D eigenvalue weighted by Gasteiger charge is 2.30. The normalized spacial score (nSPS) is 15.6. The number of likely N-dealkylation sites (N-methyl/N-ethyl adjacent to an activating group) is 2. The van der Waals surface area contributed by atoms with Gasteiger partial charge < -0.3 is 29.1 Å². The van der Waals surface area contributed by atoms with Crippen molar-refractivity contribution >= 4 is 28.7 Å². The molecule has 2 heterocycles. The van der Waals surface area contributed by atoms with Crippen molar-refractivity contribution in [3.8, 4) is 11.3 Å². The molecule has 1 aromatic heterocycles. The van der Waals surface area contributed by atoms with E-state index >= 15 is 0 Å². The molecule has 2 aromatic carbocycles. The third-order valence-corrected chi connectivity index (χ3v) is 8.51. The number of nitrogens with zero attached hydrogens (tertiary/aromatic N) is 4. The standard InChI is InChI=1S/C31H40N4O4/c1-32(15-17-33(2)31(38)39-3)16-18-34-19-20-35-27-21-23(30(36)37)13-14-24(27)28(22-9-5-4-6-10-22)29(35)25-11-7-8-12-26(25)34/h7-8,11-14,21-22H,4-6,9-10,15-20H2,1-3H3,(H,36,37). The van der Waals surface area contributed by atoms with Crippen LogP contribution in [0, 0.1) is 0 Å². The van der Waals surface area contributed by atoms with Crippen LogP contribution in [0.15, 0.2) is 42.5 Å². The predicted molar refractivity (Wildman–Crippen MR) is 155 cm³/mol. The number of carboxylic acids is 1. The van der Waals surface area contributed by atoms with Crippen molar-refractivity contribution < 1.29 is 19.4 Å². The fraction of sp³-hybridized carbons (Fsp3) is 0.484. The van der Waals surface area contributed by atoms with E-state index in [0.717, 1.165) is 38.2 Å². The van der Waals surface area contributed by atoms with E-state index in [1.807, 2.05) is 12.1 Å². The second-order valence-electron chi connectivity index (χ2n) is 11.0. The molecule has 0 spiro atoms. The average molecular weight is 533 g/mol. The highest BCUT2D eigenvalue weighted by molar-refractivity contribution is 5.99. The van der Waals surface area contributed by atoms with E-state index in [-0.39, 0.29) is 6.09 Å². The van der Waals surface area contributed by atoms with Gasteiger partial charge in [0.05, 0.1) is 18.4 Å². The van der Waals surface area contributed by atoms with Crippen LogP contribution in [0.2, 0.25) is 0 Å². The summed E-state index contributed by atoms with van der Waals surface area (Å²) in [5.74, 6) is -0.395. The number of anilines is 1. The molecule has 8 nitrogen and oxygen atoms in total. The summed E-state index contributed by atoms with van der Waals surface area (Å²) in [4.78, 5) is 29.9. The van der Waals surface area contributed by atoms with E-state index in [2.05, 4.69) is 45.7 Å². The molecule has 0 saturated heterocycles. The Balaban J connectivity index is 1.48.